The van der Waals surface area contributed by atoms with Crippen molar-refractivity contribution in [3.8, 4) is 11.3 Å². The minimum atomic E-state index is 0.209. The Morgan fingerprint density at radius 3 is 2.69 bits per heavy atom. The number of nitrogens with one attached hydrogen (secondary N) is 1. The number of piperidine rings is 1. The number of aromatic nitrogens is 2. The number of hydrogen-bond acceptors (Lipinski definition) is 4. The van der Waals surface area contributed by atoms with Crippen molar-refractivity contribution in [1.82, 2.24) is 14.9 Å². The molecule has 1 unspecified atom stereocenters. The van der Waals surface area contributed by atoms with Crippen LogP contribution in [0.25, 0.3) is 11.3 Å². The molecule has 32 heavy (non-hydrogen) atoms. The molecule has 1 aliphatic heterocycles. The summed E-state index contributed by atoms with van der Waals surface area (Å²) in [6, 6.07) is 14.5. The van der Waals surface area contributed by atoms with E-state index in [2.05, 4.69) is 45.5 Å². The van der Waals surface area contributed by atoms with Crippen molar-refractivity contribution in [1.29, 1.82) is 0 Å². The minimum absolute atomic E-state index is 0.209. The van der Waals surface area contributed by atoms with Crippen molar-refractivity contribution in [2.45, 2.75) is 38.0 Å². The predicted molar refractivity (Wildman–Crippen MR) is 133 cm³/mol. The van der Waals surface area contributed by atoms with Gasteiger partial charge in [0, 0.05) is 24.2 Å². The maximum Gasteiger partial charge on any atom is 0.223 e. The molecule has 0 saturated carbocycles. The molecule has 1 fully saturated rings. The molecule has 3 aromatic rings. The molecular formula is C26H28Cl2N4. The number of benzene rings is 2. The Labute approximate surface area is 200 Å². The fourth-order valence-electron chi connectivity index (χ4n) is 4.93. The summed E-state index contributed by atoms with van der Waals surface area (Å²) in [6.45, 7) is 4.52. The number of rotatable bonds is 6. The number of hydrogen-bond donors (Lipinski definition) is 1. The lowest BCUT2D eigenvalue weighted by molar-refractivity contribution is 0.228. The van der Waals surface area contributed by atoms with E-state index >= 15 is 0 Å². The zero-order valence-electron chi connectivity index (χ0n) is 18.2. The summed E-state index contributed by atoms with van der Waals surface area (Å²) in [4.78, 5) is 12.1. The smallest absolute Gasteiger partial charge is 0.223 e. The third-order valence-corrected chi connectivity index (χ3v) is 7.35. The van der Waals surface area contributed by atoms with Crippen molar-refractivity contribution in [3.63, 3.8) is 0 Å². The zero-order chi connectivity index (χ0) is 21.9. The van der Waals surface area contributed by atoms with Gasteiger partial charge in [0.15, 0.2) is 0 Å². The molecule has 6 heteroatoms. The molecule has 2 aliphatic rings. The van der Waals surface area contributed by atoms with Gasteiger partial charge in [-0.25, -0.2) is 9.97 Å². The molecule has 1 atom stereocenters. The Morgan fingerprint density at radius 1 is 1.00 bits per heavy atom. The first-order chi connectivity index (χ1) is 15.7. The van der Waals surface area contributed by atoms with Crippen LogP contribution in [-0.4, -0.2) is 41.0 Å². The maximum atomic E-state index is 6.32. The van der Waals surface area contributed by atoms with E-state index in [9.17, 15) is 0 Å². The van der Waals surface area contributed by atoms with Crippen molar-refractivity contribution >= 4 is 29.2 Å². The number of halogens is 2. The molecule has 2 aromatic carbocycles. The van der Waals surface area contributed by atoms with Crippen LogP contribution in [0.2, 0.25) is 10.0 Å². The Morgan fingerprint density at radius 2 is 1.84 bits per heavy atom. The number of likely N-dealkylation sites (tertiary alicyclic amines) is 1. The second-order valence-electron chi connectivity index (χ2n) is 8.77. The molecule has 1 aliphatic carbocycles. The third-order valence-electron chi connectivity index (χ3n) is 6.61. The normalized spacial score (nSPS) is 18.1. The lowest BCUT2D eigenvalue weighted by atomic mass is 9.78. The number of fused-ring (bicyclic) bond motifs is 3. The molecule has 2 heterocycles. The van der Waals surface area contributed by atoms with Gasteiger partial charge in [0.25, 0.3) is 0 Å². The van der Waals surface area contributed by atoms with Gasteiger partial charge in [-0.2, -0.15) is 0 Å². The molecule has 4 nitrogen and oxygen atoms in total. The quantitative estimate of drug-likeness (QED) is 0.425. The van der Waals surface area contributed by atoms with Crippen LogP contribution in [0.5, 0.6) is 0 Å². The lowest BCUT2D eigenvalue weighted by Crippen LogP contribution is -2.31. The topological polar surface area (TPSA) is 41.1 Å². The van der Waals surface area contributed by atoms with Crippen LogP contribution < -0.4 is 5.32 Å². The second-order valence-corrected chi connectivity index (χ2v) is 9.58. The zero-order valence-corrected chi connectivity index (χ0v) is 19.7. The van der Waals surface area contributed by atoms with Crippen LogP contribution in [0, 0.1) is 0 Å². The standard InChI is InChI=1S/C26H28Cl2N4/c27-23-10-9-18(16-24(23)28)22-15-19-17-30-26(29-11-6-14-32-12-4-1-5-13-32)31-25(19)21-8-3-2-7-20(21)22/h2-3,7-10,16-17,22H,1,4-6,11-15H2,(H,29,30,31). The fourth-order valence-corrected chi connectivity index (χ4v) is 5.24. The van der Waals surface area contributed by atoms with Gasteiger partial charge in [0.05, 0.1) is 15.7 Å². The molecule has 1 saturated heterocycles. The van der Waals surface area contributed by atoms with Crippen LogP contribution in [-0.2, 0) is 6.42 Å². The molecular weight excluding hydrogens is 439 g/mol. The number of anilines is 1. The van der Waals surface area contributed by atoms with Gasteiger partial charge in [0.1, 0.15) is 0 Å². The average Bonchev–Trinajstić information content (AvgIpc) is 2.84. The van der Waals surface area contributed by atoms with Crippen molar-refractivity contribution < 1.29 is 0 Å². The van der Waals surface area contributed by atoms with Gasteiger partial charge in [-0.3, -0.25) is 0 Å². The summed E-state index contributed by atoms with van der Waals surface area (Å²) in [5, 5.41) is 4.61. The summed E-state index contributed by atoms with van der Waals surface area (Å²) in [5.74, 6) is 0.922. The van der Waals surface area contributed by atoms with E-state index in [4.69, 9.17) is 28.2 Å². The third kappa shape index (κ3) is 4.63. The highest BCUT2D eigenvalue weighted by Gasteiger charge is 2.27. The molecule has 1 aromatic heterocycles. The van der Waals surface area contributed by atoms with Crippen LogP contribution in [0.3, 0.4) is 0 Å². The van der Waals surface area contributed by atoms with E-state index in [1.165, 1.54) is 49.0 Å². The SMILES string of the molecule is Clc1ccc(C2Cc3cnc(NCCCN4CCCCC4)nc3-c3ccccc32)cc1Cl. The van der Waals surface area contributed by atoms with E-state index in [-0.39, 0.29) is 5.92 Å². The Balaban J connectivity index is 1.33. The van der Waals surface area contributed by atoms with Crippen molar-refractivity contribution in [3.05, 3.63) is 75.4 Å². The van der Waals surface area contributed by atoms with E-state index in [0.29, 0.717) is 16.0 Å². The van der Waals surface area contributed by atoms with E-state index in [1.807, 2.05) is 18.3 Å². The van der Waals surface area contributed by atoms with Crippen LogP contribution in [0.4, 0.5) is 5.95 Å². The van der Waals surface area contributed by atoms with Gasteiger partial charge < -0.3 is 10.2 Å². The average molecular weight is 467 g/mol. The lowest BCUT2D eigenvalue weighted by Gasteiger charge is -2.28. The molecule has 1 N–H and O–H groups in total. The van der Waals surface area contributed by atoms with E-state index in [0.717, 1.165) is 37.2 Å². The van der Waals surface area contributed by atoms with Crippen LogP contribution >= 0.6 is 23.2 Å². The first-order valence-electron chi connectivity index (χ1n) is 11.6. The number of nitrogens with zero attached hydrogens (tertiary/aromatic N) is 3. The highest BCUT2D eigenvalue weighted by molar-refractivity contribution is 6.42. The van der Waals surface area contributed by atoms with E-state index in [1.54, 1.807) is 0 Å². The van der Waals surface area contributed by atoms with Gasteiger partial charge in [-0.05, 0) is 74.1 Å². The van der Waals surface area contributed by atoms with E-state index < -0.39 is 0 Å². The fraction of sp³-hybridized carbons (Fsp3) is 0.385. The summed E-state index contributed by atoms with van der Waals surface area (Å²) in [7, 11) is 0. The first-order valence-corrected chi connectivity index (χ1v) is 12.3. The van der Waals surface area contributed by atoms with Crippen molar-refractivity contribution in [2.24, 2.45) is 0 Å². The molecule has 0 amide bonds. The summed E-state index contributed by atoms with van der Waals surface area (Å²) in [6.07, 6.45) is 7.99. The molecule has 0 spiro atoms. The molecule has 0 bridgehead atoms. The predicted octanol–water partition coefficient (Wildman–Crippen LogP) is 6.43. The van der Waals surface area contributed by atoms with Gasteiger partial charge in [-0.15, -0.1) is 0 Å². The monoisotopic (exact) mass is 466 g/mol. The van der Waals surface area contributed by atoms with Gasteiger partial charge >= 0.3 is 0 Å². The first kappa shape index (κ1) is 21.7. The molecule has 166 valence electrons. The molecule has 5 rings (SSSR count). The van der Waals surface area contributed by atoms with Crippen molar-refractivity contribution in [2.75, 3.05) is 31.5 Å². The second kappa shape index (κ2) is 9.78. The van der Waals surface area contributed by atoms with Gasteiger partial charge in [0.2, 0.25) is 5.95 Å². The summed E-state index contributed by atoms with van der Waals surface area (Å²) in [5.41, 5.74) is 5.80. The highest BCUT2D eigenvalue weighted by atomic mass is 35.5. The summed E-state index contributed by atoms with van der Waals surface area (Å²) < 4.78 is 0. The Kier molecular flexibility index (Phi) is 6.63. The summed E-state index contributed by atoms with van der Waals surface area (Å²) >= 11 is 12.5. The maximum absolute atomic E-state index is 6.32. The van der Waals surface area contributed by atoms with Crippen LogP contribution in [0.1, 0.15) is 48.3 Å². The highest BCUT2D eigenvalue weighted by Crippen LogP contribution is 2.42. The molecule has 0 radical (unpaired) electrons. The van der Waals surface area contributed by atoms with Crippen LogP contribution in [0.15, 0.2) is 48.7 Å². The van der Waals surface area contributed by atoms with Gasteiger partial charge in [-0.1, -0.05) is 60.0 Å². The Bertz CT molecular complexity index is 1090. The minimum Gasteiger partial charge on any atom is -0.354 e. The Hall–Kier alpha value is -2.14. The largest absolute Gasteiger partial charge is 0.354 e.